The van der Waals surface area contributed by atoms with Crippen LogP contribution in [0.1, 0.15) is 93.5 Å². The van der Waals surface area contributed by atoms with E-state index >= 15 is 0 Å². The summed E-state index contributed by atoms with van der Waals surface area (Å²) in [6.07, 6.45) is -3.60. The third kappa shape index (κ3) is 22.6. The number of likely N-dealkylation sites (tertiary alicyclic amines) is 1. The minimum atomic E-state index is -1.24. The molecule has 0 radical (unpaired) electrons. The van der Waals surface area contributed by atoms with Gasteiger partial charge >= 0.3 is 5.97 Å². The number of aromatic nitrogens is 2. The number of β-amino-alcohol motifs (C(OH)–C–C–N with tert-alkyl or cyclic N) is 1. The number of carbonyl (C=O) groups excluding carboxylic acids is 4. The van der Waals surface area contributed by atoms with Crippen molar-refractivity contribution in [3.63, 3.8) is 0 Å². The van der Waals surface area contributed by atoms with Gasteiger partial charge in [-0.3, -0.25) is 24.0 Å². The Morgan fingerprint density at radius 1 is 0.731 bits per heavy atom. The number of nitrogens with zero attached hydrogens (tertiary/aromatic N) is 3. The van der Waals surface area contributed by atoms with Crippen LogP contribution >= 0.6 is 11.3 Å². The molecule has 1 aliphatic rings. The van der Waals surface area contributed by atoms with Crippen LogP contribution in [0.5, 0.6) is 5.75 Å². The third-order valence-corrected chi connectivity index (χ3v) is 16.3. The molecule has 7 N–H and O–H groups in total. The molecule has 0 bridgehead atoms. The third-order valence-electron chi connectivity index (χ3n) is 15.3. The summed E-state index contributed by atoms with van der Waals surface area (Å²) in [5.41, 5.74) is 8.21. The van der Waals surface area contributed by atoms with Crippen molar-refractivity contribution in [3.8, 4) is 38.6 Å². The smallest absolute Gasteiger partial charge is 0.305 e. The summed E-state index contributed by atoms with van der Waals surface area (Å²) in [6, 6.07) is 28.3. The molecule has 5 atom stereocenters. The number of aliphatic hydroxyl groups is 3. The number of rotatable bonds is 39. The molecule has 1 saturated heterocycles. The van der Waals surface area contributed by atoms with Crippen molar-refractivity contribution in [3.05, 3.63) is 137 Å². The molecule has 2 aromatic heterocycles. The summed E-state index contributed by atoms with van der Waals surface area (Å²) in [6.45, 7) is 15.1. The fraction of sp³-hybridized carbons (Fsp3) is 0.478. The molecular formula is C69H89FN6O16S. The average Bonchev–Trinajstić information content (AvgIpc) is 1.59. The SMILES string of the molecule is Cc1ncsc1-c1ccc(CNC(=O)[C@@H]2C[C@@H](O)CN2C(=O)[C@@H](NC(=O)COCCOCCOCCOCCOCCOCCOc2ccc(NC(=O)c3c(-c4ccccc4)c(-c4ccc(F)cc4)n(CC[C@@H](O)C[C@@H](O)CC(=O)O)c3C(C)C)cc2)C(C)(C)C)cc1. The average molecular weight is 1310 g/mol. The molecule has 24 heteroatoms. The lowest BCUT2D eigenvalue weighted by Gasteiger charge is -2.35. The molecule has 0 unspecified atom stereocenters. The van der Waals surface area contributed by atoms with E-state index in [1.54, 1.807) is 53.2 Å². The molecule has 22 nitrogen and oxygen atoms in total. The summed E-state index contributed by atoms with van der Waals surface area (Å²) in [7, 11) is 0. The Bertz CT molecular complexity index is 3310. The number of halogens is 1. The van der Waals surface area contributed by atoms with Crippen LogP contribution in [0.15, 0.2) is 109 Å². The molecule has 7 rings (SSSR count). The maximum atomic E-state index is 14.6. The van der Waals surface area contributed by atoms with E-state index in [4.69, 9.17) is 38.3 Å². The second kappa shape index (κ2) is 36.8. The van der Waals surface area contributed by atoms with Crippen LogP contribution in [-0.2, 0) is 60.7 Å². The molecule has 1 aliphatic heterocycles. The van der Waals surface area contributed by atoms with E-state index in [1.807, 2.05) is 101 Å². The van der Waals surface area contributed by atoms with Gasteiger partial charge in [-0.1, -0.05) is 89.2 Å². The van der Waals surface area contributed by atoms with Crippen LogP contribution in [0.25, 0.3) is 32.8 Å². The second-order valence-electron chi connectivity index (χ2n) is 24.0. The highest BCUT2D eigenvalue weighted by molar-refractivity contribution is 7.13. The predicted molar refractivity (Wildman–Crippen MR) is 349 cm³/mol. The molecule has 1 fully saturated rings. The molecule has 6 aromatic rings. The first kappa shape index (κ1) is 72.9. The zero-order chi connectivity index (χ0) is 66.9. The summed E-state index contributed by atoms with van der Waals surface area (Å²) in [5.74, 6) is -2.97. The van der Waals surface area contributed by atoms with Crippen molar-refractivity contribution in [2.24, 2.45) is 5.41 Å². The van der Waals surface area contributed by atoms with Gasteiger partial charge in [0.1, 0.15) is 36.9 Å². The minimum Gasteiger partial charge on any atom is -0.491 e. The molecule has 4 aromatic carbocycles. The first-order valence-corrected chi connectivity index (χ1v) is 32.3. The van der Waals surface area contributed by atoms with E-state index in [-0.39, 0.29) is 83.1 Å². The lowest BCUT2D eigenvalue weighted by molar-refractivity contribution is -0.144. The Morgan fingerprint density at radius 2 is 1.31 bits per heavy atom. The number of aryl methyl sites for hydroxylation is 1. The topological polar surface area (TPSA) is 288 Å². The van der Waals surface area contributed by atoms with E-state index in [2.05, 4.69) is 20.9 Å². The Hall–Kier alpha value is -7.49. The van der Waals surface area contributed by atoms with Crippen LogP contribution < -0.4 is 20.7 Å². The number of anilines is 1. The summed E-state index contributed by atoms with van der Waals surface area (Å²) in [4.78, 5) is 73.0. The number of amides is 4. The maximum absolute atomic E-state index is 14.6. The van der Waals surface area contributed by atoms with Crippen LogP contribution in [0.3, 0.4) is 0 Å². The van der Waals surface area contributed by atoms with Gasteiger partial charge in [0, 0.05) is 43.0 Å². The largest absolute Gasteiger partial charge is 0.491 e. The van der Waals surface area contributed by atoms with Gasteiger partial charge < -0.3 is 79.0 Å². The van der Waals surface area contributed by atoms with E-state index in [0.29, 0.717) is 99.0 Å². The normalized spacial score (nSPS) is 15.1. The Morgan fingerprint density at radius 3 is 1.87 bits per heavy atom. The van der Waals surface area contributed by atoms with Gasteiger partial charge in [-0.25, -0.2) is 9.37 Å². The number of carboxylic acid groups (broad SMARTS) is 1. The first-order valence-electron chi connectivity index (χ1n) is 31.4. The van der Waals surface area contributed by atoms with E-state index in [9.17, 15) is 43.7 Å². The van der Waals surface area contributed by atoms with E-state index in [0.717, 1.165) is 27.3 Å². The van der Waals surface area contributed by atoms with Gasteiger partial charge in [0.25, 0.3) is 5.91 Å². The van der Waals surface area contributed by atoms with Crippen LogP contribution in [0, 0.1) is 18.2 Å². The minimum absolute atomic E-state index is 0.0343. The van der Waals surface area contributed by atoms with E-state index < -0.39 is 65.8 Å². The van der Waals surface area contributed by atoms with Gasteiger partial charge in [-0.05, 0) is 102 Å². The number of thiazole rings is 1. The summed E-state index contributed by atoms with van der Waals surface area (Å²) < 4.78 is 55.7. The number of hydrogen-bond acceptors (Lipinski definition) is 17. The number of carbonyl (C=O) groups is 5. The number of nitrogens with one attached hydrogen (secondary N) is 3. The van der Waals surface area contributed by atoms with Crippen molar-refractivity contribution >= 4 is 46.6 Å². The van der Waals surface area contributed by atoms with Crippen LogP contribution in [0.4, 0.5) is 10.1 Å². The molecule has 93 heavy (non-hydrogen) atoms. The fourth-order valence-corrected chi connectivity index (χ4v) is 11.6. The van der Waals surface area contributed by atoms with Gasteiger partial charge in [-0.15, -0.1) is 11.3 Å². The second-order valence-corrected chi connectivity index (χ2v) is 24.8. The standard InChI is InChI=1S/C69H89FN6O16S/c1-45(2)62-61(60(48-10-8-7-9-11-48)63(49-16-18-51(70)19-17-49)75(62)25-24-53(77)38-54(78)40-59(81)82)67(84)73-52-20-22-56(23-21-52)92-37-36-90-33-32-88-29-28-86-26-27-87-30-31-89-34-35-91-43-58(80)74-65(69(4,5)6)68(85)76-42-55(79)39-57(76)66(83)71-41-47-12-14-50(15-13-47)64-46(3)72-44-93-64/h7-23,44-45,53-55,57,65,77-79H,24-43H2,1-6H3,(H,71,83)(H,73,84)(H,74,80)(H,81,82)/t53-,54-,55-,57+,65-/m1/s1. The highest BCUT2D eigenvalue weighted by Crippen LogP contribution is 2.43. The Labute approximate surface area is 546 Å². The zero-order valence-electron chi connectivity index (χ0n) is 53.8. The van der Waals surface area contributed by atoms with Crippen molar-refractivity contribution in [1.29, 1.82) is 0 Å². The van der Waals surface area contributed by atoms with Gasteiger partial charge in [-0.2, -0.15) is 0 Å². The van der Waals surface area contributed by atoms with Crippen LogP contribution in [0.2, 0.25) is 0 Å². The lowest BCUT2D eigenvalue weighted by atomic mass is 9.85. The summed E-state index contributed by atoms with van der Waals surface area (Å²) in [5, 5.41) is 49.7. The number of carboxylic acids is 1. The number of aliphatic hydroxyl groups excluding tert-OH is 3. The molecule has 504 valence electrons. The molecule has 0 spiro atoms. The van der Waals surface area contributed by atoms with Crippen molar-refractivity contribution in [2.45, 2.75) is 117 Å². The maximum Gasteiger partial charge on any atom is 0.305 e. The Kier molecular flexibility index (Phi) is 28.9. The van der Waals surface area contributed by atoms with Crippen molar-refractivity contribution in [1.82, 2.24) is 25.1 Å². The van der Waals surface area contributed by atoms with Crippen molar-refractivity contribution in [2.75, 3.05) is 97.8 Å². The highest BCUT2D eigenvalue weighted by Gasteiger charge is 2.44. The molecular weight excluding hydrogens is 1220 g/mol. The first-order chi connectivity index (χ1) is 44.7. The Balaban J connectivity index is 0.726. The number of aliphatic carboxylic acids is 1. The van der Waals surface area contributed by atoms with E-state index in [1.165, 1.54) is 17.0 Å². The monoisotopic (exact) mass is 1310 g/mol. The molecule has 3 heterocycles. The fourth-order valence-electron chi connectivity index (χ4n) is 10.8. The van der Waals surface area contributed by atoms with Crippen molar-refractivity contribution < 1.29 is 81.9 Å². The number of benzene rings is 4. The quantitative estimate of drug-likeness (QED) is 0.0180. The summed E-state index contributed by atoms with van der Waals surface area (Å²) >= 11 is 1.56. The zero-order valence-corrected chi connectivity index (χ0v) is 54.6. The number of ether oxygens (including phenoxy) is 7. The molecule has 0 saturated carbocycles. The number of hydrogen-bond donors (Lipinski definition) is 7. The lowest BCUT2D eigenvalue weighted by Crippen LogP contribution is -2.58. The van der Waals surface area contributed by atoms with Gasteiger partial charge in [0.2, 0.25) is 17.7 Å². The predicted octanol–water partition coefficient (Wildman–Crippen LogP) is 8.03. The van der Waals surface area contributed by atoms with Gasteiger partial charge in [0.15, 0.2) is 0 Å². The highest BCUT2D eigenvalue weighted by atomic mass is 32.1. The van der Waals surface area contributed by atoms with Gasteiger partial charge in [0.05, 0.1) is 125 Å². The molecule has 4 amide bonds. The molecule has 0 aliphatic carbocycles. The van der Waals surface area contributed by atoms with Crippen LogP contribution in [-0.4, -0.2) is 187 Å².